The highest BCUT2D eigenvalue weighted by atomic mass is 35.5. The van der Waals surface area contributed by atoms with Crippen molar-refractivity contribution in [2.24, 2.45) is 4.99 Å². The number of nitrogens with one attached hydrogen (secondary N) is 1. The first-order valence-corrected chi connectivity index (χ1v) is 18.4. The van der Waals surface area contributed by atoms with E-state index in [1.165, 1.54) is 12.4 Å². The molecule has 11 nitrogen and oxygen atoms in total. The number of aliphatic imine (C=N–C) groups is 1. The highest BCUT2D eigenvalue weighted by molar-refractivity contribution is 7.15. The molecule has 4 aromatic rings. The predicted octanol–water partition coefficient (Wildman–Crippen LogP) is 8.60. The van der Waals surface area contributed by atoms with E-state index in [1.807, 2.05) is 62.1 Å². The summed E-state index contributed by atoms with van der Waals surface area (Å²) < 4.78 is 12.6. The van der Waals surface area contributed by atoms with Gasteiger partial charge in [-0.25, -0.2) is 4.98 Å². The molecule has 2 N–H and O–H groups in total. The van der Waals surface area contributed by atoms with Crippen molar-refractivity contribution in [1.29, 1.82) is 5.26 Å². The zero-order chi connectivity index (χ0) is 38.8. The van der Waals surface area contributed by atoms with Crippen LogP contribution < -0.4 is 14.8 Å². The van der Waals surface area contributed by atoms with E-state index in [0.717, 1.165) is 63.1 Å². The van der Waals surface area contributed by atoms with E-state index in [0.29, 0.717) is 58.5 Å². The fraction of sp³-hybridized carbons (Fsp3) is 0.268. The van der Waals surface area contributed by atoms with Crippen LogP contribution in [-0.4, -0.2) is 59.1 Å². The van der Waals surface area contributed by atoms with Crippen molar-refractivity contribution in [3.63, 3.8) is 0 Å². The number of hydrogen-bond donors (Lipinski definition) is 2. The van der Waals surface area contributed by atoms with Gasteiger partial charge in [0.2, 0.25) is 0 Å². The first-order valence-electron chi connectivity index (χ1n) is 17.2. The third-order valence-electron chi connectivity index (χ3n) is 9.14. The topological polar surface area (TPSA) is 154 Å². The minimum atomic E-state index is -0.859. The lowest BCUT2D eigenvalue weighted by Gasteiger charge is -2.33. The number of anilines is 1. The normalized spacial score (nSPS) is 14.9. The smallest absolute Gasteiger partial charge is 0.320 e. The van der Waals surface area contributed by atoms with Crippen LogP contribution in [0.3, 0.4) is 0 Å². The predicted molar refractivity (Wildman–Crippen MR) is 211 cm³/mol. The van der Waals surface area contributed by atoms with Gasteiger partial charge < -0.3 is 19.9 Å². The number of ether oxygens (including phenoxy) is 2. The lowest BCUT2D eigenvalue weighted by atomic mass is 9.93. The van der Waals surface area contributed by atoms with Crippen LogP contribution in [0.4, 0.5) is 5.69 Å². The molecule has 13 heteroatoms. The van der Waals surface area contributed by atoms with Gasteiger partial charge in [-0.05, 0) is 98.5 Å². The van der Waals surface area contributed by atoms with Gasteiger partial charge in [0, 0.05) is 36.3 Å². The first-order chi connectivity index (χ1) is 26.0. The molecule has 278 valence electrons. The molecular formula is C41H40ClN5O6S. The van der Waals surface area contributed by atoms with E-state index in [4.69, 9.17) is 21.1 Å². The quantitative estimate of drug-likeness (QED) is 0.0524. The van der Waals surface area contributed by atoms with Crippen LogP contribution in [0, 0.1) is 25.2 Å². The summed E-state index contributed by atoms with van der Waals surface area (Å²) in [5.74, 6) is -0.371. The van der Waals surface area contributed by atoms with E-state index in [1.54, 1.807) is 18.2 Å². The van der Waals surface area contributed by atoms with Crippen molar-refractivity contribution in [3.05, 3.63) is 115 Å². The number of carboxylic acids is 1. The Kier molecular flexibility index (Phi) is 13.5. The maximum Gasteiger partial charge on any atom is 0.320 e. The van der Waals surface area contributed by atoms with Gasteiger partial charge in [0.25, 0.3) is 5.91 Å². The number of carboxylic acid groups (broad SMARTS) is 1. The molecule has 0 bridgehead atoms. The van der Waals surface area contributed by atoms with Gasteiger partial charge in [-0.2, -0.15) is 5.26 Å². The number of nitriles is 1. The molecule has 0 aliphatic carbocycles. The summed E-state index contributed by atoms with van der Waals surface area (Å²) in [4.78, 5) is 46.1. The molecule has 3 aromatic carbocycles. The third kappa shape index (κ3) is 9.68. The van der Waals surface area contributed by atoms with Crippen molar-refractivity contribution >= 4 is 53.5 Å². The Balaban J connectivity index is 1.39. The van der Waals surface area contributed by atoms with Gasteiger partial charge in [-0.15, -0.1) is 11.3 Å². The second-order valence-corrected chi connectivity index (χ2v) is 14.3. The SMILES string of the molecule is C=N/C=C(C#N)\C=C(/C)COc1cc(OCc2cccc(-c3cccc(NC(=O)c4ncc(C=O)s4)c3C)c2C)c(Cl)cc1CN1CCCC[C@H]1C(=O)O. The number of benzene rings is 3. The number of hydrogen-bond acceptors (Lipinski definition) is 10. The Bertz CT molecular complexity index is 2170. The Morgan fingerprint density at radius 2 is 1.89 bits per heavy atom. The van der Waals surface area contributed by atoms with Crippen molar-refractivity contribution < 1.29 is 29.0 Å². The molecule has 1 saturated heterocycles. The molecule has 0 spiro atoms. The molecular weight excluding hydrogens is 726 g/mol. The Labute approximate surface area is 323 Å². The summed E-state index contributed by atoms with van der Waals surface area (Å²) in [5.41, 5.74) is 7.08. The van der Waals surface area contributed by atoms with E-state index in [9.17, 15) is 24.8 Å². The van der Waals surface area contributed by atoms with Crippen LogP contribution in [0.5, 0.6) is 11.5 Å². The molecule has 1 atom stereocenters. The van der Waals surface area contributed by atoms with Gasteiger partial charge in [0.15, 0.2) is 11.3 Å². The maximum absolute atomic E-state index is 12.9. The molecule has 54 heavy (non-hydrogen) atoms. The summed E-state index contributed by atoms with van der Waals surface area (Å²) in [6.45, 7) is 10.5. The summed E-state index contributed by atoms with van der Waals surface area (Å²) in [6, 6.07) is 16.6. The van der Waals surface area contributed by atoms with Crippen molar-refractivity contribution in [2.75, 3.05) is 18.5 Å². The summed E-state index contributed by atoms with van der Waals surface area (Å²) in [5, 5.41) is 22.8. The van der Waals surface area contributed by atoms with Crippen LogP contribution in [0.2, 0.25) is 5.02 Å². The Morgan fingerprint density at radius 1 is 1.13 bits per heavy atom. The van der Waals surface area contributed by atoms with E-state index in [-0.39, 0.29) is 18.2 Å². The number of carbonyl (C=O) groups excluding carboxylic acids is 2. The fourth-order valence-corrected chi connectivity index (χ4v) is 7.16. The minimum Gasteiger partial charge on any atom is -0.489 e. The van der Waals surface area contributed by atoms with Gasteiger partial charge in [-0.1, -0.05) is 48.4 Å². The molecule has 1 fully saturated rings. The number of nitrogens with zero attached hydrogens (tertiary/aromatic N) is 4. The van der Waals surface area contributed by atoms with Crippen LogP contribution in [-0.2, 0) is 17.9 Å². The zero-order valence-corrected chi connectivity index (χ0v) is 31.8. The number of rotatable bonds is 15. The van der Waals surface area contributed by atoms with E-state index < -0.39 is 17.9 Å². The number of aliphatic carboxylic acids is 1. The highest BCUT2D eigenvalue weighted by Crippen LogP contribution is 2.37. The maximum atomic E-state index is 12.9. The highest BCUT2D eigenvalue weighted by Gasteiger charge is 2.29. The first kappa shape index (κ1) is 39.6. The molecule has 1 aliphatic rings. The van der Waals surface area contributed by atoms with Crippen LogP contribution >= 0.6 is 22.9 Å². The van der Waals surface area contributed by atoms with Crippen molar-refractivity contribution in [2.45, 2.75) is 59.2 Å². The second-order valence-electron chi connectivity index (χ2n) is 12.9. The van der Waals surface area contributed by atoms with Crippen LogP contribution in [0.1, 0.15) is 67.9 Å². The lowest BCUT2D eigenvalue weighted by Crippen LogP contribution is -2.44. The average Bonchev–Trinajstić information content (AvgIpc) is 3.65. The molecule has 2 heterocycles. The molecule has 1 aromatic heterocycles. The van der Waals surface area contributed by atoms with Crippen LogP contribution in [0.15, 0.2) is 83.1 Å². The molecule has 0 radical (unpaired) electrons. The molecule has 0 unspecified atom stereocenters. The molecule has 5 rings (SSSR count). The molecule has 1 amide bonds. The summed E-state index contributed by atoms with van der Waals surface area (Å²) in [6.07, 6.45) is 7.39. The standard InChI is InChI=1S/C41H40ClN5O6S/c1-25(15-28(18-43)19-44-4)23-52-37-17-38(34(42)16-30(37)21-47-14-6-5-13-36(47)41(50)51)53-24-29-9-7-10-32(26(29)2)33-11-8-12-35(27(33)3)46-39(49)40-45-20-31(22-48)54-40/h7-12,15-17,19-20,22,36H,4-6,13-14,21,23-24H2,1-3H3,(H,46,49)(H,50,51)/b25-15+,28-19+/t36-/m0/s1. The van der Waals surface area contributed by atoms with Crippen LogP contribution in [0.25, 0.3) is 11.1 Å². The minimum absolute atomic E-state index is 0.149. The second kappa shape index (κ2) is 18.4. The van der Waals surface area contributed by atoms with Gasteiger partial charge in [0.1, 0.15) is 36.8 Å². The lowest BCUT2D eigenvalue weighted by molar-refractivity contribution is -0.144. The number of aromatic nitrogens is 1. The van der Waals surface area contributed by atoms with Crippen molar-refractivity contribution in [1.82, 2.24) is 9.88 Å². The monoisotopic (exact) mass is 765 g/mol. The number of likely N-dealkylation sites (tertiary alicyclic amines) is 1. The summed E-state index contributed by atoms with van der Waals surface area (Å²) >= 11 is 7.86. The number of aldehydes is 1. The zero-order valence-electron chi connectivity index (χ0n) is 30.2. The number of thiazole rings is 1. The number of halogens is 1. The van der Waals surface area contributed by atoms with Gasteiger partial charge in [0.05, 0.1) is 15.5 Å². The van der Waals surface area contributed by atoms with Gasteiger partial charge >= 0.3 is 5.97 Å². The number of piperidine rings is 1. The Morgan fingerprint density at radius 3 is 2.59 bits per heavy atom. The third-order valence-corrected chi connectivity index (χ3v) is 10.4. The van der Waals surface area contributed by atoms with Crippen molar-refractivity contribution in [3.8, 4) is 28.7 Å². The largest absolute Gasteiger partial charge is 0.489 e. The molecule has 0 saturated carbocycles. The summed E-state index contributed by atoms with van der Waals surface area (Å²) in [7, 11) is 0. The van der Waals surface area contributed by atoms with Gasteiger partial charge in [-0.3, -0.25) is 24.3 Å². The number of carbonyl (C=O) groups is 3. The fourth-order valence-electron chi connectivity index (χ4n) is 6.29. The van der Waals surface area contributed by atoms with E-state index in [2.05, 4.69) is 28.1 Å². The number of amides is 1. The molecule has 1 aliphatic heterocycles. The number of allylic oxidation sites excluding steroid dienone is 2. The Hall–Kier alpha value is -5.61. The average molecular weight is 766 g/mol. The van der Waals surface area contributed by atoms with E-state index >= 15 is 0 Å².